The number of rotatable bonds is 2. The summed E-state index contributed by atoms with van der Waals surface area (Å²) in [7, 11) is 0. The quantitative estimate of drug-likeness (QED) is 0.556. The maximum absolute atomic E-state index is 10.4. The van der Waals surface area contributed by atoms with Crippen molar-refractivity contribution in [2.45, 2.75) is 31.7 Å². The van der Waals surface area contributed by atoms with Crippen molar-refractivity contribution >= 4 is 17.7 Å². The van der Waals surface area contributed by atoms with E-state index in [0.29, 0.717) is 5.02 Å². The number of hydrogen-bond acceptors (Lipinski definition) is 2. The van der Waals surface area contributed by atoms with E-state index in [0.717, 1.165) is 30.4 Å². The van der Waals surface area contributed by atoms with Gasteiger partial charge in [0.05, 0.1) is 5.54 Å². The van der Waals surface area contributed by atoms with E-state index in [9.17, 15) is 4.79 Å². The molecule has 0 spiro atoms. The van der Waals surface area contributed by atoms with E-state index in [4.69, 9.17) is 11.6 Å². The van der Waals surface area contributed by atoms with Gasteiger partial charge in [-0.3, -0.25) is 0 Å². The average Bonchev–Trinajstić information content (AvgIpc) is 2.09. The Morgan fingerprint density at radius 2 is 2.13 bits per heavy atom. The molecule has 0 saturated heterocycles. The van der Waals surface area contributed by atoms with Gasteiger partial charge in [0.15, 0.2) is 0 Å². The number of aryl methyl sites for hydroxylation is 1. The van der Waals surface area contributed by atoms with Gasteiger partial charge < -0.3 is 0 Å². The van der Waals surface area contributed by atoms with Crippen molar-refractivity contribution in [3.8, 4) is 0 Å². The Bertz CT molecular complexity index is 411. The second kappa shape index (κ2) is 3.80. The predicted octanol–water partition coefficient (Wildman–Crippen LogP) is 3.36. The van der Waals surface area contributed by atoms with E-state index in [2.05, 4.69) is 4.99 Å². The monoisotopic (exact) mass is 221 g/mol. The summed E-state index contributed by atoms with van der Waals surface area (Å²) in [5.41, 5.74) is 1.81. The van der Waals surface area contributed by atoms with Gasteiger partial charge in [-0.25, -0.2) is 4.79 Å². The first kappa shape index (κ1) is 10.4. The molecule has 0 radical (unpaired) electrons. The lowest BCUT2D eigenvalue weighted by Gasteiger charge is -2.37. The molecular weight excluding hydrogens is 210 g/mol. The lowest BCUT2D eigenvalue weighted by molar-refractivity contribution is 0.256. The third kappa shape index (κ3) is 1.83. The normalized spacial score (nSPS) is 17.7. The van der Waals surface area contributed by atoms with Crippen LogP contribution in [-0.2, 0) is 10.3 Å². The van der Waals surface area contributed by atoms with Crippen LogP contribution in [0.2, 0.25) is 5.02 Å². The zero-order valence-electron chi connectivity index (χ0n) is 8.59. The summed E-state index contributed by atoms with van der Waals surface area (Å²) >= 11 is 6.00. The highest BCUT2D eigenvalue weighted by Gasteiger charge is 2.39. The fourth-order valence-electron chi connectivity index (χ4n) is 2.07. The second-order valence-electron chi connectivity index (χ2n) is 4.11. The molecule has 1 aromatic rings. The van der Waals surface area contributed by atoms with Crippen molar-refractivity contribution in [3.63, 3.8) is 0 Å². The van der Waals surface area contributed by atoms with Crippen molar-refractivity contribution in [2.24, 2.45) is 4.99 Å². The summed E-state index contributed by atoms with van der Waals surface area (Å²) in [6.07, 6.45) is 4.63. The number of nitrogens with zero attached hydrogens (tertiary/aromatic N) is 1. The molecule has 1 aromatic carbocycles. The molecule has 15 heavy (non-hydrogen) atoms. The van der Waals surface area contributed by atoms with Gasteiger partial charge in [-0.05, 0) is 49.4 Å². The third-order valence-corrected chi connectivity index (χ3v) is 3.24. The van der Waals surface area contributed by atoms with E-state index in [-0.39, 0.29) is 5.54 Å². The molecule has 78 valence electrons. The first-order valence-corrected chi connectivity index (χ1v) is 5.41. The smallest absolute Gasteiger partial charge is 0.211 e. The summed E-state index contributed by atoms with van der Waals surface area (Å²) in [5, 5.41) is 0.706. The van der Waals surface area contributed by atoms with Crippen molar-refractivity contribution in [2.75, 3.05) is 0 Å². The van der Waals surface area contributed by atoms with Crippen molar-refractivity contribution < 1.29 is 4.79 Å². The standard InChI is InChI=1S/C12H12ClNO/c1-9-5-10(7-11(13)6-9)12(14-8-15)3-2-4-12/h5-7H,2-4H2,1H3. The Morgan fingerprint density at radius 3 is 2.60 bits per heavy atom. The van der Waals surface area contributed by atoms with Crippen LogP contribution in [0, 0.1) is 6.92 Å². The van der Waals surface area contributed by atoms with E-state index >= 15 is 0 Å². The van der Waals surface area contributed by atoms with Crippen molar-refractivity contribution in [1.82, 2.24) is 0 Å². The summed E-state index contributed by atoms with van der Waals surface area (Å²) < 4.78 is 0. The highest BCUT2D eigenvalue weighted by molar-refractivity contribution is 6.30. The number of aliphatic imine (C=N–C) groups is 1. The minimum atomic E-state index is -0.336. The first-order chi connectivity index (χ1) is 7.16. The number of carbonyl (C=O) groups excluding carboxylic acids is 1. The predicted molar refractivity (Wildman–Crippen MR) is 59.8 cm³/mol. The van der Waals surface area contributed by atoms with Gasteiger partial charge >= 0.3 is 0 Å². The zero-order valence-corrected chi connectivity index (χ0v) is 9.34. The van der Waals surface area contributed by atoms with Crippen LogP contribution in [0.3, 0.4) is 0 Å². The molecule has 2 nitrogen and oxygen atoms in total. The van der Waals surface area contributed by atoms with Crippen LogP contribution < -0.4 is 0 Å². The molecule has 2 rings (SSSR count). The fraction of sp³-hybridized carbons (Fsp3) is 0.417. The molecule has 0 heterocycles. The van der Waals surface area contributed by atoms with Crippen molar-refractivity contribution in [1.29, 1.82) is 0 Å². The topological polar surface area (TPSA) is 29.4 Å². The van der Waals surface area contributed by atoms with E-state index in [1.807, 2.05) is 25.1 Å². The van der Waals surface area contributed by atoms with Crippen LogP contribution >= 0.6 is 11.6 Å². The van der Waals surface area contributed by atoms with Gasteiger partial charge in [-0.1, -0.05) is 17.7 Å². The van der Waals surface area contributed by atoms with Crippen LogP contribution in [0.15, 0.2) is 23.2 Å². The largest absolute Gasteiger partial charge is 0.235 e. The first-order valence-electron chi connectivity index (χ1n) is 5.03. The van der Waals surface area contributed by atoms with Gasteiger partial charge in [-0.2, -0.15) is 4.99 Å². The number of hydrogen-bond donors (Lipinski definition) is 0. The summed E-state index contributed by atoms with van der Waals surface area (Å²) in [6, 6.07) is 5.85. The number of isocyanates is 1. The highest BCUT2D eigenvalue weighted by Crippen LogP contribution is 2.45. The Hall–Kier alpha value is -1.11. The lowest BCUT2D eigenvalue weighted by atomic mass is 9.72. The maximum Gasteiger partial charge on any atom is 0.235 e. The Balaban J connectivity index is 2.47. The van der Waals surface area contributed by atoms with Crippen LogP contribution in [0.4, 0.5) is 0 Å². The Labute approximate surface area is 94.0 Å². The molecule has 1 aliphatic rings. The summed E-state index contributed by atoms with van der Waals surface area (Å²) in [5.74, 6) is 0. The van der Waals surface area contributed by atoms with Crippen LogP contribution in [0.1, 0.15) is 30.4 Å². The maximum atomic E-state index is 10.4. The molecule has 0 amide bonds. The highest BCUT2D eigenvalue weighted by atomic mass is 35.5. The van der Waals surface area contributed by atoms with Gasteiger partial charge in [-0.15, -0.1) is 0 Å². The fourth-order valence-corrected chi connectivity index (χ4v) is 2.36. The van der Waals surface area contributed by atoms with Crippen LogP contribution in [0.25, 0.3) is 0 Å². The molecule has 0 atom stereocenters. The molecule has 0 N–H and O–H groups in total. The van der Waals surface area contributed by atoms with Gasteiger partial charge in [0.2, 0.25) is 6.08 Å². The molecule has 0 bridgehead atoms. The molecular formula is C12H12ClNO. The van der Waals surface area contributed by atoms with E-state index in [1.165, 1.54) is 0 Å². The van der Waals surface area contributed by atoms with Crippen LogP contribution in [-0.4, -0.2) is 6.08 Å². The van der Waals surface area contributed by atoms with Gasteiger partial charge in [0.25, 0.3) is 0 Å². The lowest BCUT2D eigenvalue weighted by Crippen LogP contribution is -2.31. The number of benzene rings is 1. The molecule has 1 aliphatic carbocycles. The van der Waals surface area contributed by atoms with Crippen molar-refractivity contribution in [3.05, 3.63) is 34.3 Å². The molecule has 0 aromatic heterocycles. The molecule has 1 fully saturated rings. The molecule has 1 saturated carbocycles. The SMILES string of the molecule is Cc1cc(Cl)cc(C2(N=C=O)CCC2)c1. The van der Waals surface area contributed by atoms with Gasteiger partial charge in [0.1, 0.15) is 0 Å². The van der Waals surface area contributed by atoms with Crippen LogP contribution in [0.5, 0.6) is 0 Å². The third-order valence-electron chi connectivity index (χ3n) is 3.02. The summed E-state index contributed by atoms with van der Waals surface area (Å²) in [6.45, 7) is 1.99. The Morgan fingerprint density at radius 1 is 1.40 bits per heavy atom. The average molecular weight is 222 g/mol. The molecule has 0 aliphatic heterocycles. The van der Waals surface area contributed by atoms with E-state index in [1.54, 1.807) is 6.08 Å². The molecule has 3 heteroatoms. The summed E-state index contributed by atoms with van der Waals surface area (Å²) in [4.78, 5) is 14.4. The zero-order chi connectivity index (χ0) is 10.9. The minimum absolute atomic E-state index is 0.336. The molecule has 0 unspecified atom stereocenters. The Kier molecular flexibility index (Phi) is 2.64. The second-order valence-corrected chi connectivity index (χ2v) is 4.54. The van der Waals surface area contributed by atoms with E-state index < -0.39 is 0 Å². The number of halogens is 1. The van der Waals surface area contributed by atoms with Gasteiger partial charge in [0, 0.05) is 5.02 Å². The minimum Gasteiger partial charge on any atom is -0.211 e.